The van der Waals surface area contributed by atoms with E-state index < -0.39 is 11.6 Å². The Bertz CT molecular complexity index is 445. The molecule has 0 aliphatic carbocycles. The van der Waals surface area contributed by atoms with Crippen molar-refractivity contribution in [2.75, 3.05) is 13.1 Å². The fraction of sp³-hybridized carbons (Fsp3) is 0.462. The molecule has 98 valence electrons. The average molecular weight is 274 g/mol. The highest BCUT2D eigenvalue weighted by atomic mass is 35.5. The van der Waals surface area contributed by atoms with Crippen molar-refractivity contribution in [1.82, 2.24) is 4.90 Å². The number of rotatable bonds is 2. The van der Waals surface area contributed by atoms with Crippen LogP contribution in [0.1, 0.15) is 18.4 Å². The van der Waals surface area contributed by atoms with E-state index in [4.69, 9.17) is 11.6 Å². The lowest BCUT2D eigenvalue weighted by Gasteiger charge is -2.29. The number of nitrogens with zero attached hydrogens (tertiary/aromatic N) is 1. The molecule has 0 N–H and O–H groups in total. The quantitative estimate of drug-likeness (QED) is 0.759. The minimum Gasteiger partial charge on any atom is -0.342 e. The van der Waals surface area contributed by atoms with Crippen molar-refractivity contribution in [2.24, 2.45) is 0 Å². The molecule has 1 aromatic rings. The van der Waals surface area contributed by atoms with Gasteiger partial charge >= 0.3 is 0 Å². The summed E-state index contributed by atoms with van der Waals surface area (Å²) < 4.78 is 26.4. The van der Waals surface area contributed by atoms with Gasteiger partial charge in [-0.05, 0) is 18.9 Å². The molecular weight excluding hydrogens is 260 g/mol. The molecule has 0 spiro atoms. The maximum Gasteiger partial charge on any atom is 0.227 e. The summed E-state index contributed by atoms with van der Waals surface area (Å²) in [5.74, 6) is -2.03. The van der Waals surface area contributed by atoms with Crippen molar-refractivity contribution >= 4 is 17.5 Å². The van der Waals surface area contributed by atoms with E-state index in [0.717, 1.165) is 18.9 Å². The predicted molar refractivity (Wildman–Crippen MR) is 65.5 cm³/mol. The molecule has 0 radical (unpaired) electrons. The molecule has 2 nitrogen and oxygen atoms in total. The molecule has 0 aromatic heterocycles. The first-order valence-electron chi connectivity index (χ1n) is 5.92. The Labute approximate surface area is 110 Å². The summed E-state index contributed by atoms with van der Waals surface area (Å²) >= 11 is 5.95. The van der Waals surface area contributed by atoms with E-state index in [1.165, 1.54) is 12.1 Å². The van der Waals surface area contributed by atoms with Gasteiger partial charge in [0.15, 0.2) is 11.6 Å². The zero-order valence-corrected chi connectivity index (χ0v) is 10.6. The fourth-order valence-corrected chi connectivity index (χ4v) is 2.25. The molecule has 0 unspecified atom stereocenters. The van der Waals surface area contributed by atoms with E-state index in [-0.39, 0.29) is 23.3 Å². The molecular formula is C13H14ClF2NO. The normalized spacial score (nSPS) is 16.9. The van der Waals surface area contributed by atoms with E-state index >= 15 is 0 Å². The van der Waals surface area contributed by atoms with Crippen LogP contribution in [0.5, 0.6) is 0 Å². The van der Waals surface area contributed by atoms with Crippen molar-refractivity contribution in [1.29, 1.82) is 0 Å². The van der Waals surface area contributed by atoms with Gasteiger partial charge in [-0.25, -0.2) is 8.78 Å². The van der Waals surface area contributed by atoms with Crippen LogP contribution in [0.15, 0.2) is 18.2 Å². The van der Waals surface area contributed by atoms with Gasteiger partial charge in [-0.2, -0.15) is 0 Å². The first kappa shape index (κ1) is 13.3. The fourth-order valence-electron chi connectivity index (χ4n) is 2.06. The molecule has 1 aliphatic heterocycles. The van der Waals surface area contributed by atoms with Crippen molar-refractivity contribution in [3.63, 3.8) is 0 Å². The molecule has 18 heavy (non-hydrogen) atoms. The number of carbonyl (C=O) groups excluding carboxylic acids is 1. The predicted octanol–water partition coefficient (Wildman–Crippen LogP) is 2.74. The third-order valence-corrected chi connectivity index (χ3v) is 3.59. The lowest BCUT2D eigenvalue weighted by molar-refractivity contribution is -0.131. The Morgan fingerprint density at radius 1 is 1.33 bits per heavy atom. The van der Waals surface area contributed by atoms with Crippen LogP contribution in [0.4, 0.5) is 8.78 Å². The molecule has 0 bridgehead atoms. The van der Waals surface area contributed by atoms with E-state index in [1.807, 2.05) is 0 Å². The van der Waals surface area contributed by atoms with Crippen LogP contribution in [0.2, 0.25) is 0 Å². The second-order valence-corrected chi connectivity index (χ2v) is 5.06. The van der Waals surface area contributed by atoms with Crippen molar-refractivity contribution in [2.45, 2.75) is 24.6 Å². The monoisotopic (exact) mass is 273 g/mol. The summed E-state index contributed by atoms with van der Waals surface area (Å²) in [6.45, 7) is 1.17. The summed E-state index contributed by atoms with van der Waals surface area (Å²) in [6.07, 6.45) is 1.40. The van der Waals surface area contributed by atoms with Crippen LogP contribution in [-0.2, 0) is 11.2 Å². The van der Waals surface area contributed by atoms with Crippen LogP contribution < -0.4 is 0 Å². The highest BCUT2D eigenvalue weighted by molar-refractivity contribution is 6.20. The first-order valence-corrected chi connectivity index (χ1v) is 6.36. The number of benzene rings is 1. The molecule has 1 aromatic carbocycles. The Balaban J connectivity index is 2.01. The van der Waals surface area contributed by atoms with Crippen molar-refractivity contribution in [3.8, 4) is 0 Å². The minimum atomic E-state index is -0.932. The highest BCUT2D eigenvalue weighted by Crippen LogP contribution is 2.18. The van der Waals surface area contributed by atoms with Gasteiger partial charge < -0.3 is 4.90 Å². The molecule has 2 rings (SSSR count). The lowest BCUT2D eigenvalue weighted by Crippen LogP contribution is -2.39. The zero-order chi connectivity index (χ0) is 13.1. The first-order chi connectivity index (χ1) is 8.58. The Kier molecular flexibility index (Phi) is 4.17. The smallest absolute Gasteiger partial charge is 0.227 e. The van der Waals surface area contributed by atoms with Crippen LogP contribution in [-0.4, -0.2) is 29.3 Å². The minimum absolute atomic E-state index is 0.101. The van der Waals surface area contributed by atoms with Gasteiger partial charge in [0.1, 0.15) is 0 Å². The van der Waals surface area contributed by atoms with E-state index in [0.29, 0.717) is 13.1 Å². The molecule has 0 saturated carbocycles. The number of alkyl halides is 1. The summed E-state index contributed by atoms with van der Waals surface area (Å²) in [5, 5.41) is 0.111. The zero-order valence-electron chi connectivity index (χ0n) is 9.83. The van der Waals surface area contributed by atoms with Crippen LogP contribution in [0.3, 0.4) is 0 Å². The maximum atomic E-state index is 13.4. The number of piperidine rings is 1. The number of amides is 1. The van der Waals surface area contributed by atoms with Gasteiger partial charge in [-0.1, -0.05) is 12.1 Å². The van der Waals surface area contributed by atoms with Gasteiger partial charge in [0.05, 0.1) is 6.42 Å². The van der Waals surface area contributed by atoms with Crippen LogP contribution in [0, 0.1) is 11.6 Å². The Hall–Kier alpha value is -1.16. The van der Waals surface area contributed by atoms with E-state index in [2.05, 4.69) is 0 Å². The van der Waals surface area contributed by atoms with Crippen LogP contribution >= 0.6 is 11.6 Å². The van der Waals surface area contributed by atoms with Gasteiger partial charge in [-0.3, -0.25) is 4.79 Å². The van der Waals surface area contributed by atoms with Gasteiger partial charge in [0.2, 0.25) is 5.91 Å². The molecule has 0 atom stereocenters. The van der Waals surface area contributed by atoms with Gasteiger partial charge in [0, 0.05) is 24.0 Å². The van der Waals surface area contributed by atoms with Crippen molar-refractivity contribution in [3.05, 3.63) is 35.4 Å². The number of carbonyl (C=O) groups is 1. The third-order valence-electron chi connectivity index (χ3n) is 3.15. The topological polar surface area (TPSA) is 20.3 Å². The summed E-state index contributed by atoms with van der Waals surface area (Å²) in [7, 11) is 0. The largest absolute Gasteiger partial charge is 0.342 e. The number of hydrogen-bond donors (Lipinski definition) is 0. The highest BCUT2D eigenvalue weighted by Gasteiger charge is 2.22. The van der Waals surface area contributed by atoms with E-state index in [9.17, 15) is 13.6 Å². The number of halogens is 3. The Morgan fingerprint density at radius 3 is 2.67 bits per heavy atom. The summed E-state index contributed by atoms with van der Waals surface area (Å²) in [4.78, 5) is 13.6. The van der Waals surface area contributed by atoms with Gasteiger partial charge in [-0.15, -0.1) is 11.6 Å². The van der Waals surface area contributed by atoms with Crippen molar-refractivity contribution < 1.29 is 13.6 Å². The van der Waals surface area contributed by atoms with E-state index in [1.54, 1.807) is 4.90 Å². The average Bonchev–Trinajstić information content (AvgIpc) is 2.36. The third kappa shape index (κ3) is 2.99. The second-order valence-electron chi connectivity index (χ2n) is 4.45. The van der Waals surface area contributed by atoms with Crippen LogP contribution in [0.25, 0.3) is 0 Å². The Morgan fingerprint density at radius 2 is 2.00 bits per heavy atom. The SMILES string of the molecule is O=C(Cc1cccc(F)c1F)N1CCC(Cl)CC1. The molecule has 1 aliphatic rings. The molecule has 1 fully saturated rings. The maximum absolute atomic E-state index is 13.4. The number of hydrogen-bond acceptors (Lipinski definition) is 1. The summed E-state index contributed by atoms with van der Waals surface area (Å²) in [5.41, 5.74) is 0.105. The molecule has 1 heterocycles. The molecule has 5 heteroatoms. The number of likely N-dealkylation sites (tertiary alicyclic amines) is 1. The second kappa shape index (κ2) is 5.65. The lowest BCUT2D eigenvalue weighted by atomic mass is 10.1. The molecule has 1 saturated heterocycles. The molecule has 1 amide bonds. The standard InChI is InChI=1S/C13H14ClF2NO/c14-10-4-6-17(7-5-10)12(18)8-9-2-1-3-11(15)13(9)16/h1-3,10H,4-8H2. The summed E-state index contributed by atoms with van der Waals surface area (Å²) in [6, 6.07) is 3.89. The van der Waals surface area contributed by atoms with Gasteiger partial charge in [0.25, 0.3) is 0 Å².